The Labute approximate surface area is 117 Å². The number of phenolic OH excluding ortho intramolecular Hbond substituents is 1. The Morgan fingerprint density at radius 3 is 2.35 bits per heavy atom. The van der Waals surface area contributed by atoms with E-state index < -0.39 is 5.92 Å². The molecule has 3 rings (SSSR count). The minimum atomic E-state index is -0.400. The Kier molecular flexibility index (Phi) is 2.78. The molecule has 0 aromatic heterocycles. The number of phenols is 1. The molecule has 0 saturated heterocycles. The molecule has 1 aliphatic rings. The summed E-state index contributed by atoms with van der Waals surface area (Å²) in [6.45, 7) is 5.67. The van der Waals surface area contributed by atoms with Gasteiger partial charge in [-0.15, -0.1) is 0 Å². The molecule has 0 spiro atoms. The Bertz CT molecular complexity index is 693. The van der Waals surface area contributed by atoms with Gasteiger partial charge in [-0.25, -0.2) is 0 Å². The number of fused-ring (bicyclic) bond motifs is 1. The van der Waals surface area contributed by atoms with E-state index in [9.17, 15) is 9.90 Å². The highest BCUT2D eigenvalue weighted by Crippen LogP contribution is 2.41. The van der Waals surface area contributed by atoms with Crippen molar-refractivity contribution in [1.29, 1.82) is 0 Å². The summed E-state index contributed by atoms with van der Waals surface area (Å²) in [4.78, 5) is 12.2. The predicted molar refractivity (Wildman–Crippen MR) is 76.2 cm³/mol. The van der Waals surface area contributed by atoms with Crippen LogP contribution in [0.1, 0.15) is 33.7 Å². The third-order valence-electron chi connectivity index (χ3n) is 3.77. The maximum atomic E-state index is 12.2. The van der Waals surface area contributed by atoms with E-state index >= 15 is 0 Å². The highest BCUT2D eigenvalue weighted by Gasteiger charge is 2.34. The first-order valence-electron chi connectivity index (χ1n) is 6.59. The number of hydrogen-bond donors (Lipinski definition) is 1. The van der Waals surface area contributed by atoms with Crippen LogP contribution < -0.4 is 4.74 Å². The normalized spacial score (nSPS) is 16.9. The molecule has 1 heterocycles. The van der Waals surface area contributed by atoms with E-state index in [4.69, 9.17) is 4.74 Å². The van der Waals surface area contributed by atoms with Crippen LogP contribution in [0.15, 0.2) is 30.3 Å². The Morgan fingerprint density at radius 1 is 1.05 bits per heavy atom. The largest absolute Gasteiger partial charge is 0.507 e. The van der Waals surface area contributed by atoms with Crippen molar-refractivity contribution in [2.75, 3.05) is 0 Å². The zero-order chi connectivity index (χ0) is 14.4. The van der Waals surface area contributed by atoms with Crippen LogP contribution in [0.25, 0.3) is 0 Å². The summed E-state index contributed by atoms with van der Waals surface area (Å²) in [5.74, 6) is 0.261. The highest BCUT2D eigenvalue weighted by atomic mass is 16.5. The Morgan fingerprint density at radius 2 is 1.70 bits per heavy atom. The molecule has 3 nitrogen and oxygen atoms in total. The average Bonchev–Trinajstić information content (AvgIpc) is 2.70. The topological polar surface area (TPSA) is 46.5 Å². The SMILES string of the molecule is Cc1ccc2c(c1)C(c1cc(C)c(O)c(C)c1)C(=O)O2. The number of aryl methyl sites for hydroxylation is 3. The van der Waals surface area contributed by atoms with Gasteiger partial charge in [-0.1, -0.05) is 29.8 Å². The van der Waals surface area contributed by atoms with Crippen LogP contribution in [-0.4, -0.2) is 11.1 Å². The summed E-state index contributed by atoms with van der Waals surface area (Å²) >= 11 is 0. The fourth-order valence-corrected chi connectivity index (χ4v) is 2.75. The summed E-state index contributed by atoms with van der Waals surface area (Å²) in [6, 6.07) is 9.46. The molecule has 0 radical (unpaired) electrons. The fraction of sp³-hybridized carbons (Fsp3) is 0.235. The van der Waals surface area contributed by atoms with Crippen LogP contribution in [0.2, 0.25) is 0 Å². The van der Waals surface area contributed by atoms with Crippen molar-refractivity contribution in [3.8, 4) is 11.5 Å². The molecule has 20 heavy (non-hydrogen) atoms. The summed E-state index contributed by atoms with van der Waals surface area (Å²) in [7, 11) is 0. The van der Waals surface area contributed by atoms with Gasteiger partial charge >= 0.3 is 5.97 Å². The van der Waals surface area contributed by atoms with Crippen LogP contribution in [0, 0.1) is 20.8 Å². The zero-order valence-corrected chi connectivity index (χ0v) is 11.7. The standard InChI is InChI=1S/C17H16O3/c1-9-4-5-14-13(6-9)15(17(19)20-14)12-7-10(2)16(18)11(3)8-12/h4-8,15,18H,1-3H3. The lowest BCUT2D eigenvalue weighted by molar-refractivity contribution is -0.133. The van der Waals surface area contributed by atoms with Crippen LogP contribution in [0.3, 0.4) is 0 Å². The van der Waals surface area contributed by atoms with Gasteiger partial charge in [0.15, 0.2) is 0 Å². The molecule has 2 aromatic carbocycles. The molecular weight excluding hydrogens is 252 g/mol. The van der Waals surface area contributed by atoms with Crippen molar-refractivity contribution < 1.29 is 14.6 Å². The van der Waals surface area contributed by atoms with Gasteiger partial charge in [0, 0.05) is 5.56 Å². The van der Waals surface area contributed by atoms with Gasteiger partial charge in [0.2, 0.25) is 0 Å². The molecule has 0 aliphatic carbocycles. The molecule has 2 aromatic rings. The van der Waals surface area contributed by atoms with Gasteiger partial charge in [-0.05, 0) is 43.5 Å². The molecule has 1 aliphatic heterocycles. The third-order valence-corrected chi connectivity index (χ3v) is 3.77. The van der Waals surface area contributed by atoms with Gasteiger partial charge < -0.3 is 9.84 Å². The van der Waals surface area contributed by atoms with Crippen molar-refractivity contribution in [1.82, 2.24) is 0 Å². The first kappa shape index (κ1) is 12.7. The van der Waals surface area contributed by atoms with Gasteiger partial charge in [0.25, 0.3) is 0 Å². The van der Waals surface area contributed by atoms with Crippen molar-refractivity contribution in [2.24, 2.45) is 0 Å². The smallest absolute Gasteiger partial charge is 0.323 e. The van der Waals surface area contributed by atoms with Crippen LogP contribution >= 0.6 is 0 Å². The number of rotatable bonds is 1. The number of esters is 1. The monoisotopic (exact) mass is 268 g/mol. The average molecular weight is 268 g/mol. The molecule has 102 valence electrons. The molecule has 0 saturated carbocycles. The molecule has 1 N–H and O–H groups in total. The van der Waals surface area contributed by atoms with Crippen molar-refractivity contribution in [3.63, 3.8) is 0 Å². The van der Waals surface area contributed by atoms with E-state index in [0.717, 1.165) is 27.8 Å². The first-order chi connectivity index (χ1) is 9.47. The lowest BCUT2D eigenvalue weighted by Crippen LogP contribution is -2.12. The number of ether oxygens (including phenoxy) is 1. The van der Waals surface area contributed by atoms with E-state index in [1.54, 1.807) is 0 Å². The minimum absolute atomic E-state index is 0.255. The minimum Gasteiger partial charge on any atom is -0.507 e. The van der Waals surface area contributed by atoms with Crippen LogP contribution in [0.4, 0.5) is 0 Å². The number of hydrogen-bond acceptors (Lipinski definition) is 3. The summed E-state index contributed by atoms with van der Waals surface area (Å²) < 4.78 is 5.34. The highest BCUT2D eigenvalue weighted by molar-refractivity contribution is 5.89. The van der Waals surface area contributed by atoms with E-state index in [1.807, 2.05) is 51.1 Å². The first-order valence-corrected chi connectivity index (χ1v) is 6.59. The van der Waals surface area contributed by atoms with Gasteiger partial charge in [0.05, 0.1) is 0 Å². The second-order valence-corrected chi connectivity index (χ2v) is 5.40. The lowest BCUT2D eigenvalue weighted by atomic mass is 9.89. The Balaban J connectivity index is 2.16. The van der Waals surface area contributed by atoms with Crippen molar-refractivity contribution in [2.45, 2.75) is 26.7 Å². The molecule has 0 fully saturated rings. The Hall–Kier alpha value is -2.29. The molecule has 0 bridgehead atoms. The van der Waals surface area contributed by atoms with Gasteiger partial charge in [0.1, 0.15) is 17.4 Å². The molecule has 1 atom stereocenters. The lowest BCUT2D eigenvalue weighted by Gasteiger charge is -2.12. The van der Waals surface area contributed by atoms with Crippen molar-refractivity contribution in [3.05, 3.63) is 58.1 Å². The number of aromatic hydroxyl groups is 1. The fourth-order valence-electron chi connectivity index (χ4n) is 2.75. The quantitative estimate of drug-likeness (QED) is 0.637. The molecule has 1 unspecified atom stereocenters. The van der Waals surface area contributed by atoms with Gasteiger partial charge in [-0.3, -0.25) is 4.79 Å². The number of carbonyl (C=O) groups excluding carboxylic acids is 1. The van der Waals surface area contributed by atoms with Crippen molar-refractivity contribution >= 4 is 5.97 Å². The summed E-state index contributed by atoms with van der Waals surface area (Å²) in [5, 5.41) is 9.86. The number of carbonyl (C=O) groups is 1. The molecule has 3 heteroatoms. The van der Waals surface area contributed by atoms with Crippen LogP contribution in [-0.2, 0) is 4.79 Å². The third kappa shape index (κ3) is 1.86. The second kappa shape index (κ2) is 4.37. The van der Waals surface area contributed by atoms with Gasteiger partial charge in [-0.2, -0.15) is 0 Å². The van der Waals surface area contributed by atoms with E-state index in [1.165, 1.54) is 0 Å². The van der Waals surface area contributed by atoms with Crippen LogP contribution in [0.5, 0.6) is 11.5 Å². The summed E-state index contributed by atoms with van der Waals surface area (Å²) in [5.41, 5.74) is 4.41. The number of benzene rings is 2. The second-order valence-electron chi connectivity index (χ2n) is 5.40. The summed E-state index contributed by atoms with van der Waals surface area (Å²) in [6.07, 6.45) is 0. The maximum absolute atomic E-state index is 12.2. The predicted octanol–water partition coefficient (Wildman–Crippen LogP) is 3.37. The molecular formula is C17H16O3. The van der Waals surface area contributed by atoms with E-state index in [-0.39, 0.29) is 11.7 Å². The zero-order valence-electron chi connectivity index (χ0n) is 11.7. The van der Waals surface area contributed by atoms with E-state index in [0.29, 0.717) is 5.75 Å². The van der Waals surface area contributed by atoms with E-state index in [2.05, 4.69) is 0 Å². The molecule has 0 amide bonds. The maximum Gasteiger partial charge on any atom is 0.323 e.